The second kappa shape index (κ2) is 5.13. The molecule has 0 aromatic carbocycles. The Morgan fingerprint density at radius 3 is 3.07 bits per heavy atom. The minimum atomic E-state index is 0.825. The van der Waals surface area contributed by atoms with E-state index in [1.54, 1.807) is 4.88 Å². The third-order valence-electron chi connectivity index (χ3n) is 3.51. The van der Waals surface area contributed by atoms with Crippen molar-refractivity contribution in [2.45, 2.75) is 39.0 Å². The van der Waals surface area contributed by atoms with E-state index in [0.717, 1.165) is 11.8 Å². The van der Waals surface area contributed by atoms with E-state index in [4.69, 9.17) is 0 Å². The first-order valence-electron chi connectivity index (χ1n) is 6.07. The summed E-state index contributed by atoms with van der Waals surface area (Å²) in [4.78, 5) is 1.65. The molecular formula is C13H21NS. The molecule has 2 unspecified atom stereocenters. The van der Waals surface area contributed by atoms with Gasteiger partial charge in [0.1, 0.15) is 0 Å². The van der Waals surface area contributed by atoms with Gasteiger partial charge in [0.05, 0.1) is 0 Å². The van der Waals surface area contributed by atoms with Gasteiger partial charge in [0.25, 0.3) is 0 Å². The highest BCUT2D eigenvalue weighted by atomic mass is 32.1. The Hall–Kier alpha value is -0.340. The Morgan fingerprint density at radius 1 is 1.53 bits per heavy atom. The molecule has 2 atom stereocenters. The second-order valence-electron chi connectivity index (χ2n) is 4.62. The molecule has 1 fully saturated rings. The van der Waals surface area contributed by atoms with E-state index in [-0.39, 0.29) is 0 Å². The highest BCUT2D eigenvalue weighted by Crippen LogP contribution is 2.37. The molecule has 84 valence electrons. The van der Waals surface area contributed by atoms with Gasteiger partial charge >= 0.3 is 0 Å². The third kappa shape index (κ3) is 2.43. The summed E-state index contributed by atoms with van der Waals surface area (Å²) < 4.78 is 0. The van der Waals surface area contributed by atoms with Gasteiger partial charge in [-0.05, 0) is 61.7 Å². The predicted octanol–water partition coefficient (Wildman–Crippen LogP) is 3.55. The van der Waals surface area contributed by atoms with E-state index in [1.807, 2.05) is 11.3 Å². The standard InChI is InChI=1S/C13H21NS/c1-3-4-11-9-14-7-5-12(11)13-10(2)6-8-15-13/h6,8,11-12,14H,3-5,7,9H2,1-2H3. The van der Waals surface area contributed by atoms with E-state index < -0.39 is 0 Å². The van der Waals surface area contributed by atoms with Crippen LogP contribution in [0.15, 0.2) is 11.4 Å². The summed E-state index contributed by atoms with van der Waals surface area (Å²) in [5, 5.41) is 5.78. The normalized spacial score (nSPS) is 26.8. The SMILES string of the molecule is CCCC1CNCCC1c1sccc1C. The molecule has 1 nitrogen and oxygen atoms in total. The van der Waals surface area contributed by atoms with Gasteiger partial charge in [-0.3, -0.25) is 0 Å². The zero-order valence-corrected chi connectivity index (χ0v) is 10.6. The van der Waals surface area contributed by atoms with Crippen LogP contribution in [-0.4, -0.2) is 13.1 Å². The summed E-state index contributed by atoms with van der Waals surface area (Å²) in [7, 11) is 0. The average Bonchev–Trinajstić information content (AvgIpc) is 2.66. The van der Waals surface area contributed by atoms with Crippen LogP contribution in [-0.2, 0) is 0 Å². The largest absolute Gasteiger partial charge is 0.316 e. The minimum Gasteiger partial charge on any atom is -0.316 e. The van der Waals surface area contributed by atoms with Crippen LogP contribution in [0.1, 0.15) is 42.5 Å². The molecule has 1 aromatic heterocycles. The lowest BCUT2D eigenvalue weighted by Gasteiger charge is -2.32. The van der Waals surface area contributed by atoms with Crippen LogP contribution in [0.2, 0.25) is 0 Å². The number of aryl methyl sites for hydroxylation is 1. The number of hydrogen-bond acceptors (Lipinski definition) is 2. The molecule has 1 saturated heterocycles. The molecule has 0 radical (unpaired) electrons. The smallest absolute Gasteiger partial charge is 0.0109 e. The monoisotopic (exact) mass is 223 g/mol. The van der Waals surface area contributed by atoms with Gasteiger partial charge in [0.15, 0.2) is 0 Å². The van der Waals surface area contributed by atoms with Crippen molar-refractivity contribution in [1.29, 1.82) is 0 Å². The van der Waals surface area contributed by atoms with Crippen LogP contribution in [0.3, 0.4) is 0 Å². The van der Waals surface area contributed by atoms with Gasteiger partial charge in [-0.2, -0.15) is 0 Å². The Balaban J connectivity index is 2.14. The van der Waals surface area contributed by atoms with Gasteiger partial charge in [0.2, 0.25) is 0 Å². The van der Waals surface area contributed by atoms with Crippen molar-refractivity contribution < 1.29 is 0 Å². The van der Waals surface area contributed by atoms with Crippen molar-refractivity contribution in [3.8, 4) is 0 Å². The summed E-state index contributed by atoms with van der Waals surface area (Å²) in [6, 6.07) is 2.27. The summed E-state index contributed by atoms with van der Waals surface area (Å²) >= 11 is 1.96. The first kappa shape index (κ1) is 11.2. The van der Waals surface area contributed by atoms with E-state index in [1.165, 1.54) is 37.9 Å². The van der Waals surface area contributed by atoms with Crippen molar-refractivity contribution >= 4 is 11.3 Å². The van der Waals surface area contributed by atoms with Crippen molar-refractivity contribution in [2.24, 2.45) is 5.92 Å². The third-order valence-corrected chi connectivity index (χ3v) is 4.66. The van der Waals surface area contributed by atoms with Gasteiger partial charge in [-0.1, -0.05) is 13.3 Å². The molecule has 0 amide bonds. The van der Waals surface area contributed by atoms with Crippen molar-refractivity contribution in [2.75, 3.05) is 13.1 Å². The molecule has 1 aromatic rings. The topological polar surface area (TPSA) is 12.0 Å². The van der Waals surface area contributed by atoms with Crippen molar-refractivity contribution in [3.63, 3.8) is 0 Å². The van der Waals surface area contributed by atoms with Crippen molar-refractivity contribution in [1.82, 2.24) is 5.32 Å². The quantitative estimate of drug-likeness (QED) is 0.826. The minimum absolute atomic E-state index is 0.825. The maximum absolute atomic E-state index is 3.54. The van der Waals surface area contributed by atoms with Crippen LogP contribution in [0, 0.1) is 12.8 Å². The Bertz CT molecular complexity index is 303. The molecule has 2 rings (SSSR count). The number of thiophene rings is 1. The fourth-order valence-electron chi connectivity index (χ4n) is 2.71. The molecular weight excluding hydrogens is 202 g/mol. The molecule has 2 heteroatoms. The molecule has 2 heterocycles. The summed E-state index contributed by atoms with van der Waals surface area (Å²) in [5.74, 6) is 1.69. The van der Waals surface area contributed by atoms with Crippen LogP contribution < -0.4 is 5.32 Å². The Morgan fingerprint density at radius 2 is 2.40 bits per heavy atom. The van der Waals surface area contributed by atoms with E-state index in [0.29, 0.717) is 0 Å². The lowest BCUT2D eigenvalue weighted by Crippen LogP contribution is -2.35. The Labute approximate surface area is 96.9 Å². The number of nitrogens with one attached hydrogen (secondary N) is 1. The summed E-state index contributed by atoms with van der Waals surface area (Å²) in [6.45, 7) is 6.97. The number of rotatable bonds is 3. The van der Waals surface area contributed by atoms with Crippen LogP contribution in [0.5, 0.6) is 0 Å². The summed E-state index contributed by atoms with van der Waals surface area (Å²) in [6.07, 6.45) is 4.01. The molecule has 0 aliphatic carbocycles. The van der Waals surface area contributed by atoms with Crippen LogP contribution in [0.25, 0.3) is 0 Å². The lowest BCUT2D eigenvalue weighted by atomic mass is 9.81. The van der Waals surface area contributed by atoms with Crippen molar-refractivity contribution in [3.05, 3.63) is 21.9 Å². The van der Waals surface area contributed by atoms with Gasteiger partial charge in [-0.15, -0.1) is 11.3 Å². The molecule has 0 bridgehead atoms. The van der Waals surface area contributed by atoms with Crippen LogP contribution >= 0.6 is 11.3 Å². The van der Waals surface area contributed by atoms with Gasteiger partial charge in [0, 0.05) is 4.88 Å². The average molecular weight is 223 g/mol. The molecule has 1 aliphatic rings. The molecule has 0 saturated carbocycles. The fourth-order valence-corrected chi connectivity index (χ4v) is 3.86. The first-order chi connectivity index (χ1) is 7.33. The molecule has 1 N–H and O–H groups in total. The maximum Gasteiger partial charge on any atom is 0.0109 e. The zero-order valence-electron chi connectivity index (χ0n) is 9.75. The maximum atomic E-state index is 3.54. The zero-order chi connectivity index (χ0) is 10.7. The van der Waals surface area contributed by atoms with E-state index >= 15 is 0 Å². The molecule has 15 heavy (non-hydrogen) atoms. The number of piperidine rings is 1. The summed E-state index contributed by atoms with van der Waals surface area (Å²) in [5.41, 5.74) is 1.51. The van der Waals surface area contributed by atoms with Gasteiger partial charge in [-0.25, -0.2) is 0 Å². The predicted molar refractivity (Wildman–Crippen MR) is 67.7 cm³/mol. The van der Waals surface area contributed by atoms with E-state index in [2.05, 4.69) is 30.6 Å². The molecule has 0 spiro atoms. The first-order valence-corrected chi connectivity index (χ1v) is 6.95. The second-order valence-corrected chi connectivity index (χ2v) is 5.56. The highest BCUT2D eigenvalue weighted by Gasteiger charge is 2.27. The fraction of sp³-hybridized carbons (Fsp3) is 0.692. The number of hydrogen-bond donors (Lipinski definition) is 1. The van der Waals surface area contributed by atoms with E-state index in [9.17, 15) is 0 Å². The Kier molecular flexibility index (Phi) is 3.81. The molecule has 1 aliphatic heterocycles. The highest BCUT2D eigenvalue weighted by molar-refractivity contribution is 7.10. The van der Waals surface area contributed by atoms with Gasteiger partial charge < -0.3 is 5.32 Å². The van der Waals surface area contributed by atoms with Crippen LogP contribution in [0.4, 0.5) is 0 Å². The lowest BCUT2D eigenvalue weighted by molar-refractivity contribution is 0.309.